The number of hydrogen-bond donors (Lipinski definition) is 0. The zero-order valence-electron chi connectivity index (χ0n) is 12.9. The lowest BCUT2D eigenvalue weighted by Crippen LogP contribution is -2.26. The lowest BCUT2D eigenvalue weighted by Gasteiger charge is -2.04. The van der Waals surface area contributed by atoms with E-state index < -0.39 is 0 Å². The topological polar surface area (TPSA) is 30.2 Å². The third-order valence-electron chi connectivity index (χ3n) is 3.43. The molecule has 1 aromatic rings. The van der Waals surface area contributed by atoms with Crippen molar-refractivity contribution in [2.45, 2.75) is 64.9 Å². The van der Waals surface area contributed by atoms with Crippen molar-refractivity contribution in [3.8, 4) is 0 Å². The molecule has 0 radical (unpaired) electrons. The number of pyridine rings is 1. The maximum atomic E-state index is 11.6. The van der Waals surface area contributed by atoms with E-state index in [0.29, 0.717) is 13.0 Å². The van der Waals surface area contributed by atoms with Crippen LogP contribution in [0.3, 0.4) is 0 Å². The van der Waals surface area contributed by atoms with Crippen LogP contribution in [0.2, 0.25) is 0 Å². The van der Waals surface area contributed by atoms with Crippen LogP contribution in [0.5, 0.6) is 0 Å². The van der Waals surface area contributed by atoms with Crippen LogP contribution >= 0.6 is 0 Å². The summed E-state index contributed by atoms with van der Waals surface area (Å²) in [5.41, 5.74) is 1.04. The highest BCUT2D eigenvalue weighted by atomic mass is 16.5. The number of ether oxygens (including phenoxy) is 1. The number of carbonyl (C=O) groups is 1. The van der Waals surface area contributed by atoms with Crippen molar-refractivity contribution >= 4 is 5.97 Å². The van der Waals surface area contributed by atoms with Gasteiger partial charge >= 0.3 is 5.97 Å². The van der Waals surface area contributed by atoms with Gasteiger partial charge in [-0.2, -0.15) is 0 Å². The number of aromatic nitrogens is 1. The van der Waals surface area contributed by atoms with E-state index in [1.807, 2.05) is 36.1 Å². The van der Waals surface area contributed by atoms with Crippen LogP contribution in [0, 0.1) is 0 Å². The van der Waals surface area contributed by atoms with Gasteiger partial charge in [-0.05, 0) is 6.42 Å². The van der Waals surface area contributed by atoms with E-state index in [2.05, 4.69) is 6.92 Å². The molecule has 0 N–H and O–H groups in total. The standard InChI is InChI=1S/C17H28NO2/c1-3-4-5-6-7-8-9-10-17(19)20-15-16-11-13-18(2)14-12-16/h11-14H,3-10,15H2,1-2H3/q+1. The number of unbranched alkanes of at least 4 members (excludes halogenated alkanes) is 6. The predicted octanol–water partition coefficient (Wildman–Crippen LogP) is 3.70. The molecule has 3 heteroatoms. The minimum Gasteiger partial charge on any atom is -0.461 e. The molecule has 0 aliphatic rings. The molecule has 20 heavy (non-hydrogen) atoms. The SMILES string of the molecule is CCCCCCCCCC(=O)OCc1cc[n+](C)cc1. The van der Waals surface area contributed by atoms with Gasteiger partial charge in [0.1, 0.15) is 13.7 Å². The fourth-order valence-electron chi connectivity index (χ4n) is 2.09. The van der Waals surface area contributed by atoms with Gasteiger partial charge < -0.3 is 4.74 Å². The van der Waals surface area contributed by atoms with Crippen LogP contribution in [0.15, 0.2) is 24.5 Å². The predicted molar refractivity (Wildman–Crippen MR) is 80.0 cm³/mol. The fraction of sp³-hybridized carbons (Fsp3) is 0.647. The molecule has 0 fully saturated rings. The maximum Gasteiger partial charge on any atom is 0.306 e. The molecule has 0 unspecified atom stereocenters. The quantitative estimate of drug-likeness (QED) is 0.371. The highest BCUT2D eigenvalue weighted by Gasteiger charge is 2.04. The maximum absolute atomic E-state index is 11.6. The van der Waals surface area contributed by atoms with E-state index in [1.165, 1.54) is 32.1 Å². The van der Waals surface area contributed by atoms with Gasteiger partial charge in [-0.3, -0.25) is 4.79 Å². The first-order chi connectivity index (χ1) is 9.72. The molecule has 0 amide bonds. The van der Waals surface area contributed by atoms with Crippen molar-refractivity contribution in [2.75, 3.05) is 0 Å². The van der Waals surface area contributed by atoms with Crippen molar-refractivity contribution in [1.29, 1.82) is 0 Å². The van der Waals surface area contributed by atoms with Crippen molar-refractivity contribution in [1.82, 2.24) is 0 Å². The minimum atomic E-state index is -0.0770. The highest BCUT2D eigenvalue weighted by Crippen LogP contribution is 2.09. The molecule has 0 aromatic carbocycles. The Morgan fingerprint density at radius 2 is 1.65 bits per heavy atom. The third kappa shape index (κ3) is 7.93. The molecule has 1 rings (SSSR count). The first kappa shape index (κ1) is 16.7. The normalized spacial score (nSPS) is 10.5. The van der Waals surface area contributed by atoms with Crippen molar-refractivity contribution in [3.63, 3.8) is 0 Å². The Balaban J connectivity index is 2.01. The summed E-state index contributed by atoms with van der Waals surface area (Å²) in [5, 5.41) is 0. The van der Waals surface area contributed by atoms with Crippen LogP contribution in [0.1, 0.15) is 63.9 Å². The van der Waals surface area contributed by atoms with Gasteiger partial charge in [-0.15, -0.1) is 0 Å². The van der Waals surface area contributed by atoms with E-state index in [4.69, 9.17) is 4.74 Å². The fourth-order valence-corrected chi connectivity index (χ4v) is 2.09. The number of carbonyl (C=O) groups excluding carboxylic acids is 1. The molecule has 0 spiro atoms. The Morgan fingerprint density at radius 3 is 2.30 bits per heavy atom. The summed E-state index contributed by atoms with van der Waals surface area (Å²) in [6.07, 6.45) is 13.0. The molecule has 0 atom stereocenters. The molecule has 112 valence electrons. The Bertz CT molecular complexity index is 373. The highest BCUT2D eigenvalue weighted by molar-refractivity contribution is 5.69. The first-order valence-corrected chi connectivity index (χ1v) is 7.82. The van der Waals surface area contributed by atoms with Gasteiger partial charge in [-0.1, -0.05) is 45.4 Å². The molecule has 3 nitrogen and oxygen atoms in total. The van der Waals surface area contributed by atoms with Crippen LogP contribution in [0.25, 0.3) is 0 Å². The zero-order chi connectivity index (χ0) is 14.6. The smallest absolute Gasteiger partial charge is 0.306 e. The Hall–Kier alpha value is -1.38. The van der Waals surface area contributed by atoms with Gasteiger partial charge in [0.2, 0.25) is 0 Å². The second-order valence-electron chi connectivity index (χ2n) is 5.40. The Kier molecular flexibility index (Phi) is 8.68. The first-order valence-electron chi connectivity index (χ1n) is 7.82. The van der Waals surface area contributed by atoms with Gasteiger partial charge in [0.05, 0.1) is 0 Å². The molecular formula is C17H28NO2+. The Morgan fingerprint density at radius 1 is 1.05 bits per heavy atom. The lowest BCUT2D eigenvalue weighted by molar-refractivity contribution is -0.671. The lowest BCUT2D eigenvalue weighted by atomic mass is 10.1. The van der Waals surface area contributed by atoms with Gasteiger partial charge in [0.25, 0.3) is 0 Å². The number of esters is 1. The minimum absolute atomic E-state index is 0.0770. The van der Waals surface area contributed by atoms with E-state index in [-0.39, 0.29) is 5.97 Å². The summed E-state index contributed by atoms with van der Waals surface area (Å²) < 4.78 is 7.23. The van der Waals surface area contributed by atoms with Crippen LogP contribution in [-0.4, -0.2) is 5.97 Å². The monoisotopic (exact) mass is 278 g/mol. The third-order valence-corrected chi connectivity index (χ3v) is 3.43. The summed E-state index contributed by atoms with van der Waals surface area (Å²) in [6.45, 7) is 2.61. The molecule has 1 heterocycles. The molecule has 0 aliphatic carbocycles. The second kappa shape index (κ2) is 10.4. The van der Waals surface area contributed by atoms with Crippen LogP contribution < -0.4 is 4.57 Å². The van der Waals surface area contributed by atoms with Gasteiger partial charge in [-0.25, -0.2) is 4.57 Å². The number of rotatable bonds is 10. The van der Waals surface area contributed by atoms with E-state index in [1.54, 1.807) is 0 Å². The van der Waals surface area contributed by atoms with Crippen LogP contribution in [-0.2, 0) is 23.2 Å². The molecule has 1 aromatic heterocycles. The number of hydrogen-bond acceptors (Lipinski definition) is 2. The number of nitrogens with zero attached hydrogens (tertiary/aromatic N) is 1. The average Bonchev–Trinajstić information content (AvgIpc) is 2.46. The van der Waals surface area contributed by atoms with Gasteiger partial charge in [0.15, 0.2) is 12.4 Å². The molecule has 0 aliphatic heterocycles. The molecule has 0 saturated carbocycles. The summed E-state index contributed by atoms with van der Waals surface area (Å²) in [6, 6.07) is 3.95. The Labute approximate surface area is 123 Å². The van der Waals surface area contributed by atoms with E-state index in [9.17, 15) is 4.79 Å². The summed E-state index contributed by atoms with van der Waals surface area (Å²) in [5.74, 6) is -0.0770. The van der Waals surface area contributed by atoms with E-state index in [0.717, 1.165) is 18.4 Å². The van der Waals surface area contributed by atoms with Crippen molar-refractivity contribution in [3.05, 3.63) is 30.1 Å². The average molecular weight is 278 g/mol. The summed E-state index contributed by atoms with van der Waals surface area (Å²) in [7, 11) is 1.97. The molecular weight excluding hydrogens is 250 g/mol. The number of aryl methyl sites for hydroxylation is 1. The van der Waals surface area contributed by atoms with Crippen molar-refractivity contribution in [2.24, 2.45) is 7.05 Å². The largest absolute Gasteiger partial charge is 0.461 e. The summed E-state index contributed by atoms with van der Waals surface area (Å²) >= 11 is 0. The second-order valence-corrected chi connectivity index (χ2v) is 5.40. The van der Waals surface area contributed by atoms with E-state index >= 15 is 0 Å². The molecule has 0 saturated heterocycles. The zero-order valence-corrected chi connectivity index (χ0v) is 12.9. The van der Waals surface area contributed by atoms with Crippen molar-refractivity contribution < 1.29 is 14.1 Å². The summed E-state index contributed by atoms with van der Waals surface area (Å²) in [4.78, 5) is 11.6. The van der Waals surface area contributed by atoms with Crippen LogP contribution in [0.4, 0.5) is 0 Å². The molecule has 0 bridgehead atoms. The van der Waals surface area contributed by atoms with Gasteiger partial charge in [0, 0.05) is 24.1 Å².